The second-order valence-electron chi connectivity index (χ2n) is 16.6. The maximum atomic E-state index is 12.8. The van der Waals surface area contributed by atoms with Crippen molar-refractivity contribution in [3.05, 3.63) is 0 Å². The van der Waals surface area contributed by atoms with Crippen LogP contribution in [0.5, 0.6) is 0 Å². The van der Waals surface area contributed by atoms with E-state index in [1.807, 2.05) is 0 Å². The Bertz CT molecular complexity index is 958. The Hall–Kier alpha value is -0.660. The van der Waals surface area contributed by atoms with Crippen LogP contribution in [0, 0.1) is 0 Å². The van der Waals surface area contributed by atoms with E-state index >= 15 is 0 Å². The second-order valence-corrected chi connectivity index (χ2v) is 18.0. The number of carbonyl (C=O) groups is 1. The molecule has 1 saturated carbocycles. The van der Waals surface area contributed by atoms with Crippen LogP contribution in [-0.2, 0) is 27.9 Å². The van der Waals surface area contributed by atoms with Crippen LogP contribution in [-0.4, -0.2) is 98.9 Å². The van der Waals surface area contributed by atoms with Crippen molar-refractivity contribution in [2.24, 2.45) is 0 Å². The smallest absolute Gasteiger partial charge is 0.457 e. The molecular formula is C44H87O12P. The molecule has 0 heterocycles. The number of hydrogen-bond acceptors (Lipinski definition) is 11. The first kappa shape index (κ1) is 54.4. The summed E-state index contributed by atoms with van der Waals surface area (Å²) in [5, 5.41) is 50.1. The van der Waals surface area contributed by atoms with Crippen molar-refractivity contribution in [1.82, 2.24) is 0 Å². The van der Waals surface area contributed by atoms with Crippen molar-refractivity contribution >= 4 is 13.8 Å². The van der Waals surface area contributed by atoms with Crippen LogP contribution in [0.15, 0.2) is 0 Å². The van der Waals surface area contributed by atoms with Crippen molar-refractivity contribution < 1.29 is 58.3 Å². The summed E-state index contributed by atoms with van der Waals surface area (Å²) in [6.07, 6.45) is 24.5. The van der Waals surface area contributed by atoms with Gasteiger partial charge in [0.2, 0.25) is 0 Å². The van der Waals surface area contributed by atoms with E-state index in [-0.39, 0.29) is 13.0 Å². The van der Waals surface area contributed by atoms with Gasteiger partial charge >= 0.3 is 13.8 Å². The summed E-state index contributed by atoms with van der Waals surface area (Å²) < 4.78 is 34.2. The first-order chi connectivity index (χ1) is 27.5. The number of hydrogen-bond donors (Lipinski definition) is 6. The van der Waals surface area contributed by atoms with Crippen LogP contribution < -0.4 is 0 Å². The average molecular weight is 839 g/mol. The van der Waals surface area contributed by atoms with Gasteiger partial charge in [0.1, 0.15) is 42.7 Å². The largest absolute Gasteiger partial charge is 0.472 e. The molecule has 0 aromatic rings. The number of rotatable bonds is 40. The molecule has 0 saturated heterocycles. The molecule has 13 heteroatoms. The normalized spacial score (nSPS) is 22.7. The Balaban J connectivity index is 2.37. The Morgan fingerprint density at radius 3 is 1.21 bits per heavy atom. The Kier molecular flexibility index (Phi) is 34.4. The third-order valence-electron chi connectivity index (χ3n) is 11.2. The van der Waals surface area contributed by atoms with Crippen LogP contribution in [0.2, 0.25) is 0 Å². The zero-order valence-corrected chi connectivity index (χ0v) is 37.1. The zero-order valence-electron chi connectivity index (χ0n) is 36.2. The van der Waals surface area contributed by atoms with E-state index in [0.29, 0.717) is 13.0 Å². The van der Waals surface area contributed by atoms with E-state index < -0.39 is 63.1 Å². The van der Waals surface area contributed by atoms with Gasteiger partial charge in [0, 0.05) is 13.0 Å². The minimum Gasteiger partial charge on any atom is -0.457 e. The number of phosphoric ester groups is 1. The molecule has 12 nitrogen and oxygen atoms in total. The number of aliphatic hydroxyl groups is 5. The summed E-state index contributed by atoms with van der Waals surface area (Å²) in [6, 6.07) is 0. The fourth-order valence-corrected chi connectivity index (χ4v) is 8.45. The molecule has 0 aromatic heterocycles. The van der Waals surface area contributed by atoms with E-state index in [2.05, 4.69) is 13.8 Å². The fourth-order valence-electron chi connectivity index (χ4n) is 7.47. The van der Waals surface area contributed by atoms with Gasteiger partial charge in [0.05, 0.1) is 13.2 Å². The topological polar surface area (TPSA) is 192 Å². The van der Waals surface area contributed by atoms with Gasteiger partial charge in [-0.25, -0.2) is 4.57 Å². The van der Waals surface area contributed by atoms with Crippen LogP contribution in [0.3, 0.4) is 0 Å². The molecule has 1 aliphatic rings. The van der Waals surface area contributed by atoms with Gasteiger partial charge in [0.15, 0.2) is 0 Å². The highest BCUT2D eigenvalue weighted by atomic mass is 31.2. The zero-order chi connectivity index (χ0) is 42.0. The van der Waals surface area contributed by atoms with Crippen molar-refractivity contribution in [2.75, 3.05) is 19.8 Å². The van der Waals surface area contributed by atoms with Crippen LogP contribution in [0.4, 0.5) is 0 Å². The van der Waals surface area contributed by atoms with Crippen LogP contribution >= 0.6 is 7.82 Å². The quantitative estimate of drug-likeness (QED) is 0.0195. The van der Waals surface area contributed by atoms with Gasteiger partial charge in [-0.1, -0.05) is 194 Å². The van der Waals surface area contributed by atoms with E-state index in [1.165, 1.54) is 148 Å². The highest BCUT2D eigenvalue weighted by Gasteiger charge is 2.51. The van der Waals surface area contributed by atoms with Gasteiger partial charge in [-0.15, -0.1) is 0 Å². The Labute approximate surface area is 346 Å². The van der Waals surface area contributed by atoms with E-state index in [4.69, 9.17) is 18.5 Å². The average Bonchev–Trinajstić information content (AvgIpc) is 3.19. The minimum atomic E-state index is -5.01. The molecule has 0 amide bonds. The van der Waals surface area contributed by atoms with Crippen LogP contribution in [0.1, 0.15) is 213 Å². The number of esters is 1. The molecule has 6 N–H and O–H groups in total. The van der Waals surface area contributed by atoms with Gasteiger partial charge in [-0.2, -0.15) is 0 Å². The second kappa shape index (κ2) is 36.0. The minimum absolute atomic E-state index is 0.0681. The fraction of sp³-hybridized carbons (Fsp3) is 0.977. The van der Waals surface area contributed by atoms with Gasteiger partial charge in [0.25, 0.3) is 0 Å². The summed E-state index contributed by atoms with van der Waals surface area (Å²) >= 11 is 0. The maximum absolute atomic E-state index is 12.8. The monoisotopic (exact) mass is 839 g/mol. The maximum Gasteiger partial charge on any atom is 0.472 e. The molecule has 0 spiro atoms. The molecule has 0 radical (unpaired) electrons. The Morgan fingerprint density at radius 1 is 0.491 bits per heavy atom. The lowest BCUT2D eigenvalue weighted by Crippen LogP contribution is -2.64. The van der Waals surface area contributed by atoms with Crippen LogP contribution in [0.25, 0.3) is 0 Å². The lowest BCUT2D eigenvalue weighted by atomic mass is 9.85. The summed E-state index contributed by atoms with van der Waals surface area (Å²) in [6.45, 7) is 4.29. The summed E-state index contributed by atoms with van der Waals surface area (Å²) in [5.41, 5.74) is 0. The lowest BCUT2D eigenvalue weighted by molar-refractivity contribution is -0.220. The molecule has 57 heavy (non-hydrogen) atoms. The number of unbranched alkanes of at least 4 members (excludes halogenated alkanes) is 28. The summed E-state index contributed by atoms with van der Waals surface area (Å²) in [4.78, 5) is 23.1. The molecule has 0 aromatic carbocycles. The van der Waals surface area contributed by atoms with Crippen molar-refractivity contribution in [1.29, 1.82) is 0 Å². The molecule has 1 fully saturated rings. The molecule has 6 unspecified atom stereocenters. The first-order valence-electron chi connectivity index (χ1n) is 23.4. The number of phosphoric acid groups is 1. The SMILES string of the molecule is CCCCCCCCCCCCCCCCCCCC(=O)OC(COCCCCCCCCCCCCCCC)COP(=O)(O)OC1C(O)C(O)C(O)C(O)C1O. The van der Waals surface area contributed by atoms with Gasteiger partial charge < -0.3 is 39.9 Å². The lowest BCUT2D eigenvalue weighted by Gasteiger charge is -2.41. The van der Waals surface area contributed by atoms with Gasteiger partial charge in [-0.3, -0.25) is 13.8 Å². The first-order valence-corrected chi connectivity index (χ1v) is 24.9. The van der Waals surface area contributed by atoms with Gasteiger partial charge in [-0.05, 0) is 12.8 Å². The number of ether oxygens (including phenoxy) is 2. The Morgan fingerprint density at radius 2 is 0.825 bits per heavy atom. The summed E-state index contributed by atoms with van der Waals surface area (Å²) in [5.74, 6) is -0.471. The summed E-state index contributed by atoms with van der Waals surface area (Å²) in [7, 11) is -5.01. The third-order valence-corrected chi connectivity index (χ3v) is 12.2. The predicted octanol–water partition coefficient (Wildman–Crippen LogP) is 9.37. The van der Waals surface area contributed by atoms with E-state index in [9.17, 15) is 39.8 Å². The molecule has 1 rings (SSSR count). The highest BCUT2D eigenvalue weighted by Crippen LogP contribution is 2.47. The van der Waals surface area contributed by atoms with Crippen molar-refractivity contribution in [3.8, 4) is 0 Å². The molecule has 0 bridgehead atoms. The molecule has 1 aliphatic carbocycles. The molecule has 340 valence electrons. The molecule has 0 aliphatic heterocycles. The molecule has 6 atom stereocenters. The number of carbonyl (C=O) groups excluding carboxylic acids is 1. The van der Waals surface area contributed by atoms with Crippen molar-refractivity contribution in [3.63, 3.8) is 0 Å². The van der Waals surface area contributed by atoms with E-state index in [0.717, 1.165) is 38.5 Å². The third kappa shape index (κ3) is 28.5. The van der Waals surface area contributed by atoms with E-state index in [1.54, 1.807) is 0 Å². The standard InChI is InChI=1S/C44H87O12P/c1-3-5-7-9-11-13-15-17-18-19-20-21-23-25-27-29-31-33-38(45)55-37(35-53-34-32-30-28-26-24-22-16-14-12-10-8-6-4-2)36-54-57(51,52)56-44-42(49)40(47)39(46)41(48)43(44)50/h37,39-44,46-50H,3-36H2,1-2H3,(H,51,52). The highest BCUT2D eigenvalue weighted by molar-refractivity contribution is 7.47. The molecular weight excluding hydrogens is 751 g/mol. The van der Waals surface area contributed by atoms with Crippen molar-refractivity contribution in [2.45, 2.75) is 256 Å². The number of aliphatic hydroxyl groups excluding tert-OH is 5. The predicted molar refractivity (Wildman–Crippen MR) is 226 cm³/mol.